The fourth-order valence-electron chi connectivity index (χ4n) is 3.19. The molecule has 1 aliphatic heterocycles. The summed E-state index contributed by atoms with van der Waals surface area (Å²) in [7, 11) is 0. The van der Waals surface area contributed by atoms with Crippen LogP contribution < -0.4 is 4.74 Å². The minimum Gasteiger partial charge on any atom is -0.482 e. The number of rotatable bonds is 7. The zero-order chi connectivity index (χ0) is 17.5. The van der Waals surface area contributed by atoms with E-state index in [0.717, 1.165) is 37.2 Å². The molecule has 0 bridgehead atoms. The standard InChI is InChI=1S/C20H24N2O3/c23-22(24)19-15-17(11-14-21-12-5-2-6-13-21)9-10-20(19)25-16-18-7-3-1-4-8-18/h1,3-4,7-10,15H,2,5-6,11-14,16H2. The fraction of sp³-hybridized carbons (Fsp3) is 0.400. The van der Waals surface area contributed by atoms with Gasteiger partial charge < -0.3 is 9.64 Å². The topological polar surface area (TPSA) is 55.6 Å². The first kappa shape index (κ1) is 17.4. The van der Waals surface area contributed by atoms with Crippen LogP contribution in [-0.4, -0.2) is 29.5 Å². The van der Waals surface area contributed by atoms with Crippen LogP contribution in [0.25, 0.3) is 0 Å². The predicted molar refractivity (Wildman–Crippen MR) is 97.9 cm³/mol. The van der Waals surface area contributed by atoms with Crippen LogP contribution in [0.2, 0.25) is 0 Å². The Morgan fingerprint density at radius 3 is 2.48 bits per heavy atom. The lowest BCUT2D eigenvalue weighted by Gasteiger charge is -2.26. The Morgan fingerprint density at radius 1 is 1.00 bits per heavy atom. The number of nitrogens with zero attached hydrogens (tertiary/aromatic N) is 2. The highest BCUT2D eigenvalue weighted by Gasteiger charge is 2.17. The van der Waals surface area contributed by atoms with Gasteiger partial charge in [-0.15, -0.1) is 0 Å². The molecular weight excluding hydrogens is 316 g/mol. The molecule has 0 unspecified atom stereocenters. The Labute approximate surface area is 148 Å². The van der Waals surface area contributed by atoms with Gasteiger partial charge in [0.1, 0.15) is 6.61 Å². The molecule has 0 N–H and O–H groups in total. The van der Waals surface area contributed by atoms with Gasteiger partial charge in [-0.05, 0) is 49.5 Å². The Bertz CT molecular complexity index is 697. The average Bonchev–Trinajstić information content (AvgIpc) is 2.66. The molecule has 0 radical (unpaired) electrons. The second-order valence-electron chi connectivity index (χ2n) is 6.49. The maximum absolute atomic E-state index is 11.4. The Hall–Kier alpha value is -2.40. The van der Waals surface area contributed by atoms with Crippen molar-refractivity contribution in [2.24, 2.45) is 0 Å². The predicted octanol–water partition coefficient (Wildman–Crippen LogP) is 4.20. The van der Waals surface area contributed by atoms with E-state index in [9.17, 15) is 10.1 Å². The van der Waals surface area contributed by atoms with Crippen molar-refractivity contribution in [1.29, 1.82) is 0 Å². The molecule has 1 fully saturated rings. The highest BCUT2D eigenvalue weighted by molar-refractivity contribution is 5.48. The van der Waals surface area contributed by atoms with Gasteiger partial charge in [0, 0.05) is 12.6 Å². The number of piperidine rings is 1. The SMILES string of the molecule is O=[N+]([O-])c1cc(CCN2CCCCC2)ccc1OCc1ccccc1. The minimum absolute atomic E-state index is 0.0482. The van der Waals surface area contributed by atoms with Gasteiger partial charge in [-0.25, -0.2) is 0 Å². The third-order valence-electron chi connectivity index (χ3n) is 4.62. The molecule has 2 aromatic carbocycles. The Kier molecular flexibility index (Phi) is 6.01. The molecule has 2 aromatic rings. The van der Waals surface area contributed by atoms with Crippen molar-refractivity contribution in [3.8, 4) is 5.75 Å². The van der Waals surface area contributed by atoms with Crippen molar-refractivity contribution in [2.75, 3.05) is 19.6 Å². The van der Waals surface area contributed by atoms with Crippen LogP contribution in [-0.2, 0) is 13.0 Å². The Balaban J connectivity index is 1.64. The summed E-state index contributed by atoms with van der Waals surface area (Å²) >= 11 is 0. The number of nitro benzene ring substituents is 1. The zero-order valence-electron chi connectivity index (χ0n) is 14.4. The van der Waals surface area contributed by atoms with E-state index >= 15 is 0 Å². The van der Waals surface area contributed by atoms with Gasteiger partial charge in [0.15, 0.2) is 5.75 Å². The van der Waals surface area contributed by atoms with E-state index in [1.54, 1.807) is 12.1 Å². The lowest BCUT2D eigenvalue weighted by Crippen LogP contribution is -2.31. The van der Waals surface area contributed by atoms with E-state index in [4.69, 9.17) is 4.74 Å². The third kappa shape index (κ3) is 5.03. The fourth-order valence-corrected chi connectivity index (χ4v) is 3.19. The van der Waals surface area contributed by atoms with E-state index in [-0.39, 0.29) is 10.6 Å². The first-order chi connectivity index (χ1) is 12.2. The summed E-state index contributed by atoms with van der Waals surface area (Å²) < 4.78 is 5.68. The smallest absolute Gasteiger partial charge is 0.311 e. The van der Waals surface area contributed by atoms with Gasteiger partial charge in [-0.3, -0.25) is 10.1 Å². The van der Waals surface area contributed by atoms with Crippen molar-refractivity contribution in [3.05, 3.63) is 69.8 Å². The van der Waals surface area contributed by atoms with E-state index < -0.39 is 0 Å². The number of ether oxygens (including phenoxy) is 1. The van der Waals surface area contributed by atoms with Crippen LogP contribution in [0.1, 0.15) is 30.4 Å². The Morgan fingerprint density at radius 2 is 1.76 bits per heavy atom. The summed E-state index contributed by atoms with van der Waals surface area (Å²) in [5.74, 6) is 0.329. The summed E-state index contributed by atoms with van der Waals surface area (Å²) in [4.78, 5) is 13.5. The van der Waals surface area contributed by atoms with Crippen LogP contribution >= 0.6 is 0 Å². The number of hydrogen-bond acceptors (Lipinski definition) is 4. The molecule has 0 saturated carbocycles. The second-order valence-corrected chi connectivity index (χ2v) is 6.49. The molecule has 0 atom stereocenters. The van der Waals surface area contributed by atoms with E-state index in [1.807, 2.05) is 36.4 Å². The summed E-state index contributed by atoms with van der Waals surface area (Å²) in [5.41, 5.74) is 2.03. The van der Waals surface area contributed by atoms with Crippen LogP contribution in [0.15, 0.2) is 48.5 Å². The van der Waals surface area contributed by atoms with Gasteiger partial charge in [0.2, 0.25) is 0 Å². The van der Waals surface area contributed by atoms with Gasteiger partial charge in [-0.1, -0.05) is 42.8 Å². The molecule has 0 aliphatic carbocycles. The maximum atomic E-state index is 11.4. The first-order valence-electron chi connectivity index (χ1n) is 8.89. The summed E-state index contributed by atoms with van der Waals surface area (Å²) in [5, 5.41) is 11.4. The molecular formula is C20H24N2O3. The van der Waals surface area contributed by atoms with Crippen molar-refractivity contribution < 1.29 is 9.66 Å². The lowest BCUT2D eigenvalue weighted by atomic mass is 10.1. The van der Waals surface area contributed by atoms with Crippen molar-refractivity contribution in [2.45, 2.75) is 32.3 Å². The second kappa shape index (κ2) is 8.62. The van der Waals surface area contributed by atoms with Crippen LogP contribution in [0, 0.1) is 10.1 Å². The molecule has 132 valence electrons. The van der Waals surface area contributed by atoms with Gasteiger partial charge in [0.25, 0.3) is 0 Å². The molecule has 1 aliphatic rings. The van der Waals surface area contributed by atoms with Crippen LogP contribution in [0.3, 0.4) is 0 Å². The number of nitro groups is 1. The molecule has 5 heteroatoms. The zero-order valence-corrected chi connectivity index (χ0v) is 14.4. The normalized spacial score (nSPS) is 15.0. The lowest BCUT2D eigenvalue weighted by molar-refractivity contribution is -0.386. The summed E-state index contributed by atoms with van der Waals surface area (Å²) in [6.07, 6.45) is 4.66. The van der Waals surface area contributed by atoms with Crippen molar-refractivity contribution >= 4 is 5.69 Å². The molecule has 3 rings (SSSR count). The first-order valence-corrected chi connectivity index (χ1v) is 8.89. The van der Waals surface area contributed by atoms with Crippen molar-refractivity contribution in [3.63, 3.8) is 0 Å². The van der Waals surface area contributed by atoms with E-state index in [2.05, 4.69) is 4.90 Å². The van der Waals surface area contributed by atoms with Gasteiger partial charge in [-0.2, -0.15) is 0 Å². The molecule has 5 nitrogen and oxygen atoms in total. The third-order valence-corrected chi connectivity index (χ3v) is 4.62. The highest BCUT2D eigenvalue weighted by atomic mass is 16.6. The number of benzene rings is 2. The molecule has 1 saturated heterocycles. The summed E-state index contributed by atoms with van der Waals surface area (Å²) in [6.45, 7) is 3.57. The largest absolute Gasteiger partial charge is 0.482 e. The quantitative estimate of drug-likeness (QED) is 0.560. The van der Waals surface area contributed by atoms with Gasteiger partial charge >= 0.3 is 5.69 Å². The highest BCUT2D eigenvalue weighted by Crippen LogP contribution is 2.29. The molecule has 0 aromatic heterocycles. The monoisotopic (exact) mass is 340 g/mol. The molecule has 0 amide bonds. The van der Waals surface area contributed by atoms with E-state index in [0.29, 0.717) is 12.4 Å². The maximum Gasteiger partial charge on any atom is 0.311 e. The molecule has 1 heterocycles. The van der Waals surface area contributed by atoms with E-state index in [1.165, 1.54) is 19.3 Å². The van der Waals surface area contributed by atoms with Crippen LogP contribution in [0.4, 0.5) is 5.69 Å². The minimum atomic E-state index is -0.356. The summed E-state index contributed by atoms with van der Waals surface area (Å²) in [6, 6.07) is 15.0. The molecule has 0 spiro atoms. The molecule has 25 heavy (non-hydrogen) atoms. The number of hydrogen-bond donors (Lipinski definition) is 0. The average molecular weight is 340 g/mol. The van der Waals surface area contributed by atoms with Crippen molar-refractivity contribution in [1.82, 2.24) is 4.90 Å². The van der Waals surface area contributed by atoms with Gasteiger partial charge in [0.05, 0.1) is 4.92 Å². The number of likely N-dealkylation sites (tertiary alicyclic amines) is 1. The van der Waals surface area contributed by atoms with Crippen LogP contribution in [0.5, 0.6) is 5.75 Å².